The number of H-pyrrole nitrogens is 1. The molecule has 1 aliphatic heterocycles. The second kappa shape index (κ2) is 7.59. The molecule has 1 saturated heterocycles. The van der Waals surface area contributed by atoms with Crippen LogP contribution >= 0.6 is 0 Å². The summed E-state index contributed by atoms with van der Waals surface area (Å²) in [5.74, 6) is -0.244. The minimum Gasteiger partial charge on any atom is -0.505 e. The fourth-order valence-electron chi connectivity index (χ4n) is 3.40. The first-order chi connectivity index (χ1) is 13.7. The largest absolute Gasteiger partial charge is 0.505 e. The summed E-state index contributed by atoms with van der Waals surface area (Å²) in [5.41, 5.74) is 0.646. The number of aromatic amines is 1. The fraction of sp³-hybridized carbons (Fsp3) is 0.250. The maximum Gasteiger partial charge on any atom is 0.257 e. The van der Waals surface area contributed by atoms with Crippen LogP contribution in [0.1, 0.15) is 40.0 Å². The Morgan fingerprint density at radius 3 is 2.75 bits per heavy atom. The summed E-state index contributed by atoms with van der Waals surface area (Å²) in [6.07, 6.45) is 4.99. The van der Waals surface area contributed by atoms with Crippen LogP contribution in [-0.4, -0.2) is 45.5 Å². The van der Waals surface area contributed by atoms with Gasteiger partial charge in [-0.05, 0) is 30.7 Å². The first-order valence-corrected chi connectivity index (χ1v) is 9.13. The average Bonchev–Trinajstić information content (AvgIpc) is 3.20. The maximum atomic E-state index is 13.0. The van der Waals surface area contributed by atoms with E-state index in [0.717, 1.165) is 24.6 Å². The lowest BCUT2D eigenvalue weighted by molar-refractivity contribution is 0.0721. The molecular formula is C20H19N5O3. The monoisotopic (exact) mass is 377 g/mol. The number of hydrogen-bond donors (Lipinski definition) is 2. The molecule has 142 valence electrons. The van der Waals surface area contributed by atoms with E-state index in [1.54, 1.807) is 17.0 Å². The lowest BCUT2D eigenvalue weighted by atomic mass is 10.0. The van der Waals surface area contributed by atoms with Crippen LogP contribution in [0.15, 0.2) is 46.8 Å². The molecule has 4 rings (SSSR count). The van der Waals surface area contributed by atoms with Crippen molar-refractivity contribution in [3.8, 4) is 5.75 Å². The molecule has 8 heteroatoms. The maximum absolute atomic E-state index is 13.0. The third kappa shape index (κ3) is 3.24. The number of amides is 1. The van der Waals surface area contributed by atoms with Crippen molar-refractivity contribution in [2.75, 3.05) is 13.1 Å². The molecule has 0 atom stereocenters. The zero-order chi connectivity index (χ0) is 19.5. The number of azo groups is 1. The van der Waals surface area contributed by atoms with Crippen molar-refractivity contribution in [2.24, 2.45) is 10.2 Å². The normalized spacial score (nSPS) is 14.6. The van der Waals surface area contributed by atoms with Gasteiger partial charge in [-0.1, -0.05) is 24.3 Å². The molecule has 0 spiro atoms. The van der Waals surface area contributed by atoms with E-state index < -0.39 is 0 Å². The highest BCUT2D eigenvalue weighted by atomic mass is 16.3. The quantitative estimate of drug-likeness (QED) is 0.526. The molecule has 2 aromatic carbocycles. The Balaban J connectivity index is 1.81. The van der Waals surface area contributed by atoms with Crippen LogP contribution < -0.4 is 0 Å². The first kappa shape index (κ1) is 17.8. The third-order valence-electron chi connectivity index (χ3n) is 4.89. The highest BCUT2D eigenvalue weighted by Gasteiger charge is 2.24. The Morgan fingerprint density at radius 1 is 1.18 bits per heavy atom. The van der Waals surface area contributed by atoms with Gasteiger partial charge in [-0.3, -0.25) is 14.7 Å². The number of fused-ring (bicyclic) bond motifs is 1. The van der Waals surface area contributed by atoms with Gasteiger partial charge in [0.15, 0.2) is 17.9 Å². The highest BCUT2D eigenvalue weighted by Crippen LogP contribution is 2.40. The summed E-state index contributed by atoms with van der Waals surface area (Å²) >= 11 is 0. The molecule has 2 heterocycles. The van der Waals surface area contributed by atoms with Crippen molar-refractivity contribution in [3.05, 3.63) is 47.7 Å². The molecule has 1 aliphatic rings. The minimum absolute atomic E-state index is 0.185. The fourth-order valence-corrected chi connectivity index (χ4v) is 3.40. The molecule has 28 heavy (non-hydrogen) atoms. The van der Waals surface area contributed by atoms with E-state index in [0.29, 0.717) is 24.8 Å². The zero-order valence-corrected chi connectivity index (χ0v) is 15.1. The van der Waals surface area contributed by atoms with Gasteiger partial charge in [-0.25, -0.2) is 0 Å². The molecule has 1 fully saturated rings. The summed E-state index contributed by atoms with van der Waals surface area (Å²) in [6, 6.07) is 9.02. The van der Waals surface area contributed by atoms with Gasteiger partial charge in [-0.2, -0.15) is 5.10 Å². The molecule has 3 aromatic rings. The Morgan fingerprint density at radius 2 is 1.96 bits per heavy atom. The van der Waals surface area contributed by atoms with Crippen LogP contribution in [0.3, 0.4) is 0 Å². The van der Waals surface area contributed by atoms with Crippen molar-refractivity contribution in [3.63, 3.8) is 0 Å². The molecule has 1 aromatic heterocycles. The summed E-state index contributed by atoms with van der Waals surface area (Å²) in [5, 5.41) is 26.8. The van der Waals surface area contributed by atoms with Gasteiger partial charge in [0.25, 0.3) is 5.91 Å². The Labute approximate surface area is 160 Å². The van der Waals surface area contributed by atoms with Crippen LogP contribution in [0.25, 0.3) is 10.8 Å². The molecule has 0 unspecified atom stereocenters. The van der Waals surface area contributed by atoms with Crippen LogP contribution in [0.5, 0.6) is 5.75 Å². The van der Waals surface area contributed by atoms with Gasteiger partial charge < -0.3 is 10.0 Å². The number of nitrogens with zero attached hydrogens (tertiary/aromatic N) is 4. The predicted molar refractivity (Wildman–Crippen MR) is 104 cm³/mol. The van der Waals surface area contributed by atoms with Crippen molar-refractivity contribution in [1.29, 1.82) is 0 Å². The van der Waals surface area contributed by atoms with Crippen LogP contribution in [0.2, 0.25) is 0 Å². The van der Waals surface area contributed by atoms with Gasteiger partial charge in [0.2, 0.25) is 0 Å². The summed E-state index contributed by atoms with van der Waals surface area (Å²) in [7, 11) is 0. The molecule has 1 amide bonds. The number of benzene rings is 2. The van der Waals surface area contributed by atoms with Crippen LogP contribution in [-0.2, 0) is 0 Å². The number of aldehydes is 1. The van der Waals surface area contributed by atoms with E-state index >= 15 is 0 Å². The number of piperidine rings is 1. The van der Waals surface area contributed by atoms with Gasteiger partial charge in [0, 0.05) is 18.5 Å². The van der Waals surface area contributed by atoms with Crippen LogP contribution in [0.4, 0.5) is 11.5 Å². The smallest absolute Gasteiger partial charge is 0.257 e. The zero-order valence-electron chi connectivity index (χ0n) is 15.1. The van der Waals surface area contributed by atoms with Gasteiger partial charge in [-0.15, -0.1) is 10.2 Å². The van der Waals surface area contributed by atoms with Crippen molar-refractivity contribution < 1.29 is 14.7 Å². The van der Waals surface area contributed by atoms with E-state index in [1.807, 2.05) is 18.2 Å². The van der Waals surface area contributed by atoms with E-state index in [4.69, 9.17) is 0 Å². The number of rotatable bonds is 4. The third-order valence-corrected chi connectivity index (χ3v) is 4.89. The lowest BCUT2D eigenvalue weighted by Gasteiger charge is -2.27. The second-order valence-electron chi connectivity index (χ2n) is 6.69. The number of aromatic nitrogens is 2. The van der Waals surface area contributed by atoms with Gasteiger partial charge in [0.05, 0.1) is 17.3 Å². The molecule has 0 saturated carbocycles. The Kier molecular flexibility index (Phi) is 4.84. The standard InChI is InChI=1S/C20H19N5O3/c26-12-14-11-21-23-19(14)24-22-17-15-7-3-2-6-13(15)10-16(18(17)27)20(28)25-8-4-1-5-9-25/h2-3,6-7,10-12,27H,1,4-5,8-9H2,(H,21,23)/b24-22+. The number of aromatic hydroxyl groups is 1. The van der Waals surface area contributed by atoms with E-state index in [-0.39, 0.29) is 34.3 Å². The van der Waals surface area contributed by atoms with E-state index in [9.17, 15) is 14.7 Å². The number of carbonyl (C=O) groups excluding carboxylic acids is 2. The molecule has 2 N–H and O–H groups in total. The molecule has 0 aliphatic carbocycles. The number of phenols is 1. The Bertz CT molecular complexity index is 1070. The van der Waals surface area contributed by atoms with E-state index in [1.165, 1.54) is 6.20 Å². The summed E-state index contributed by atoms with van der Waals surface area (Å²) in [4.78, 5) is 25.8. The predicted octanol–water partition coefficient (Wildman–Crippen LogP) is 4.12. The van der Waals surface area contributed by atoms with E-state index in [2.05, 4.69) is 20.4 Å². The number of phenolic OH excluding ortho intramolecular Hbond substituents is 1. The summed E-state index contributed by atoms with van der Waals surface area (Å²) in [6.45, 7) is 1.36. The molecule has 0 radical (unpaired) electrons. The topological polar surface area (TPSA) is 111 Å². The van der Waals surface area contributed by atoms with Crippen molar-refractivity contribution in [2.45, 2.75) is 19.3 Å². The van der Waals surface area contributed by atoms with Crippen LogP contribution in [0, 0.1) is 0 Å². The number of nitrogens with one attached hydrogen (secondary N) is 1. The van der Waals surface area contributed by atoms with Crippen molar-refractivity contribution in [1.82, 2.24) is 15.1 Å². The molecular weight excluding hydrogens is 358 g/mol. The lowest BCUT2D eigenvalue weighted by Crippen LogP contribution is -2.35. The molecule has 8 nitrogen and oxygen atoms in total. The number of carbonyl (C=O) groups is 2. The minimum atomic E-state index is -0.217. The number of likely N-dealkylation sites (tertiary alicyclic amines) is 1. The number of hydrogen-bond acceptors (Lipinski definition) is 6. The average molecular weight is 377 g/mol. The first-order valence-electron chi connectivity index (χ1n) is 9.13. The van der Waals surface area contributed by atoms with Crippen molar-refractivity contribution >= 4 is 34.5 Å². The molecule has 0 bridgehead atoms. The summed E-state index contributed by atoms with van der Waals surface area (Å²) < 4.78 is 0. The highest BCUT2D eigenvalue weighted by molar-refractivity contribution is 6.06. The SMILES string of the molecule is O=Cc1cn[nH]c1/N=N/c1c(O)c(C(=O)N2CCCCC2)cc2ccccc12. The van der Waals surface area contributed by atoms with Gasteiger partial charge >= 0.3 is 0 Å². The Hall–Kier alpha value is -3.55. The van der Waals surface area contributed by atoms with Gasteiger partial charge in [0.1, 0.15) is 5.69 Å². The second-order valence-corrected chi connectivity index (χ2v) is 6.69.